The zero-order chi connectivity index (χ0) is 14.3. The van der Waals surface area contributed by atoms with Gasteiger partial charge in [-0.3, -0.25) is 0 Å². The third kappa shape index (κ3) is 2.02. The summed E-state index contributed by atoms with van der Waals surface area (Å²) in [5.41, 5.74) is 0.982. The van der Waals surface area contributed by atoms with Crippen LogP contribution >= 0.6 is 11.6 Å². The molecule has 100 valence electrons. The summed E-state index contributed by atoms with van der Waals surface area (Å²) in [5.74, 6) is -1.43. The largest absolute Gasteiger partial charge is 0.478 e. The number of rotatable bonds is 2. The summed E-state index contributed by atoms with van der Waals surface area (Å²) in [6.07, 6.45) is 0. The van der Waals surface area contributed by atoms with E-state index in [4.69, 9.17) is 21.1 Å². The number of carboxylic acid groups (broad SMARTS) is 1. The fourth-order valence-corrected chi connectivity index (χ4v) is 2.14. The highest BCUT2D eigenvalue weighted by molar-refractivity contribution is 6.33. The molecule has 0 aliphatic heterocycles. The maximum Gasteiger partial charge on any atom is 0.339 e. The standard InChI is InChI=1S/C14H7ClFNO3/c15-10-6-7(16)4-5-8(10)13-17-11-3-1-2-9(14(18)19)12(11)20-13/h1-6H,(H,18,19). The highest BCUT2D eigenvalue weighted by atomic mass is 35.5. The molecule has 0 saturated carbocycles. The third-order valence-electron chi connectivity index (χ3n) is 2.81. The van der Waals surface area contributed by atoms with Gasteiger partial charge in [-0.2, -0.15) is 0 Å². The summed E-state index contributed by atoms with van der Waals surface area (Å²) in [7, 11) is 0. The van der Waals surface area contributed by atoms with Gasteiger partial charge in [0.25, 0.3) is 0 Å². The first-order valence-corrected chi connectivity index (χ1v) is 6.02. The first-order chi connectivity index (χ1) is 9.56. The van der Waals surface area contributed by atoms with E-state index in [0.29, 0.717) is 11.1 Å². The van der Waals surface area contributed by atoms with Gasteiger partial charge in [0.15, 0.2) is 5.58 Å². The maximum atomic E-state index is 13.0. The summed E-state index contributed by atoms with van der Waals surface area (Å²) in [5, 5.41) is 9.24. The van der Waals surface area contributed by atoms with Crippen LogP contribution in [0.4, 0.5) is 4.39 Å². The predicted molar refractivity (Wildman–Crippen MR) is 71.4 cm³/mol. The van der Waals surface area contributed by atoms with E-state index in [1.54, 1.807) is 12.1 Å². The molecule has 6 heteroatoms. The normalized spacial score (nSPS) is 10.9. The Labute approximate surface area is 117 Å². The van der Waals surface area contributed by atoms with E-state index in [-0.39, 0.29) is 22.1 Å². The second-order valence-corrected chi connectivity index (χ2v) is 4.51. The number of hydrogen-bond acceptors (Lipinski definition) is 3. The summed E-state index contributed by atoms with van der Waals surface area (Å²) < 4.78 is 18.5. The highest BCUT2D eigenvalue weighted by Crippen LogP contribution is 2.31. The number of hydrogen-bond donors (Lipinski definition) is 1. The highest BCUT2D eigenvalue weighted by Gasteiger charge is 2.17. The van der Waals surface area contributed by atoms with Crippen molar-refractivity contribution in [1.82, 2.24) is 4.98 Å². The molecule has 2 aromatic carbocycles. The number of benzene rings is 2. The van der Waals surface area contributed by atoms with Crippen LogP contribution in [0.1, 0.15) is 10.4 Å². The zero-order valence-electron chi connectivity index (χ0n) is 9.93. The number of aromatic nitrogens is 1. The number of aromatic carboxylic acids is 1. The van der Waals surface area contributed by atoms with Crippen molar-refractivity contribution in [2.45, 2.75) is 0 Å². The molecule has 0 spiro atoms. The average Bonchev–Trinajstić information content (AvgIpc) is 2.81. The SMILES string of the molecule is O=C(O)c1cccc2nc(-c3ccc(F)cc3Cl)oc12. The van der Waals surface area contributed by atoms with Crippen molar-refractivity contribution >= 4 is 28.7 Å². The Morgan fingerprint density at radius 3 is 2.80 bits per heavy atom. The molecule has 4 nitrogen and oxygen atoms in total. The topological polar surface area (TPSA) is 63.3 Å². The van der Waals surface area contributed by atoms with Crippen LogP contribution in [0.15, 0.2) is 40.8 Å². The van der Waals surface area contributed by atoms with Gasteiger partial charge in [-0.15, -0.1) is 0 Å². The van der Waals surface area contributed by atoms with E-state index in [9.17, 15) is 9.18 Å². The maximum absolute atomic E-state index is 13.0. The summed E-state index contributed by atoms with van der Waals surface area (Å²) in [6.45, 7) is 0. The minimum absolute atomic E-state index is 0.0134. The molecular formula is C14H7ClFNO3. The summed E-state index contributed by atoms with van der Waals surface area (Å²) in [4.78, 5) is 15.3. The molecule has 0 unspecified atom stereocenters. The number of carbonyl (C=O) groups is 1. The van der Waals surface area contributed by atoms with Crippen LogP contribution in [0.5, 0.6) is 0 Å². The lowest BCUT2D eigenvalue weighted by molar-refractivity contribution is 0.0698. The molecule has 0 aliphatic carbocycles. The summed E-state index contributed by atoms with van der Waals surface area (Å²) in [6, 6.07) is 8.43. The van der Waals surface area contributed by atoms with Gasteiger partial charge in [0.1, 0.15) is 16.9 Å². The van der Waals surface area contributed by atoms with Crippen molar-refractivity contribution in [3.05, 3.63) is 52.8 Å². The lowest BCUT2D eigenvalue weighted by Crippen LogP contribution is -1.95. The second kappa shape index (κ2) is 4.61. The fourth-order valence-electron chi connectivity index (χ4n) is 1.90. The van der Waals surface area contributed by atoms with Gasteiger partial charge in [0.05, 0.1) is 10.6 Å². The molecular weight excluding hydrogens is 285 g/mol. The lowest BCUT2D eigenvalue weighted by atomic mass is 10.2. The van der Waals surface area contributed by atoms with E-state index in [1.165, 1.54) is 18.2 Å². The van der Waals surface area contributed by atoms with E-state index >= 15 is 0 Å². The number of nitrogens with zero attached hydrogens (tertiary/aromatic N) is 1. The second-order valence-electron chi connectivity index (χ2n) is 4.10. The van der Waals surface area contributed by atoms with E-state index in [2.05, 4.69) is 4.98 Å². The van der Waals surface area contributed by atoms with Crippen LogP contribution in [0, 0.1) is 5.82 Å². The first-order valence-electron chi connectivity index (χ1n) is 5.64. The minimum atomic E-state index is -1.11. The number of carboxylic acids is 1. The molecule has 0 saturated heterocycles. The van der Waals surface area contributed by atoms with Crippen LogP contribution in [0.2, 0.25) is 5.02 Å². The van der Waals surface area contributed by atoms with Gasteiger partial charge in [0.2, 0.25) is 5.89 Å². The van der Waals surface area contributed by atoms with Crippen molar-refractivity contribution < 1.29 is 18.7 Å². The molecule has 0 fully saturated rings. The van der Waals surface area contributed by atoms with Crippen LogP contribution in [-0.4, -0.2) is 16.1 Å². The van der Waals surface area contributed by atoms with E-state index in [1.807, 2.05) is 0 Å². The van der Waals surface area contributed by atoms with Gasteiger partial charge < -0.3 is 9.52 Å². The van der Waals surface area contributed by atoms with Crippen LogP contribution in [0.3, 0.4) is 0 Å². The molecule has 0 radical (unpaired) electrons. The van der Waals surface area contributed by atoms with Gasteiger partial charge >= 0.3 is 5.97 Å². The van der Waals surface area contributed by atoms with Gasteiger partial charge in [-0.25, -0.2) is 14.2 Å². The molecule has 3 rings (SSSR count). The number of para-hydroxylation sites is 1. The van der Waals surface area contributed by atoms with E-state index in [0.717, 1.165) is 6.07 Å². The van der Waals surface area contributed by atoms with Crippen molar-refractivity contribution in [3.63, 3.8) is 0 Å². The molecule has 1 heterocycles. The monoisotopic (exact) mass is 291 g/mol. The van der Waals surface area contributed by atoms with Crippen molar-refractivity contribution in [2.24, 2.45) is 0 Å². The Morgan fingerprint density at radius 1 is 1.30 bits per heavy atom. The number of halogens is 2. The molecule has 0 aliphatic rings. The first kappa shape index (κ1) is 12.6. The van der Waals surface area contributed by atoms with Crippen LogP contribution in [-0.2, 0) is 0 Å². The molecule has 0 atom stereocenters. The molecule has 20 heavy (non-hydrogen) atoms. The Morgan fingerprint density at radius 2 is 2.10 bits per heavy atom. The van der Waals surface area contributed by atoms with Crippen molar-refractivity contribution in [2.75, 3.05) is 0 Å². The van der Waals surface area contributed by atoms with Crippen molar-refractivity contribution in [3.8, 4) is 11.5 Å². The molecule has 3 aromatic rings. The van der Waals surface area contributed by atoms with E-state index < -0.39 is 11.8 Å². The molecule has 1 aromatic heterocycles. The Balaban J connectivity index is 2.23. The third-order valence-corrected chi connectivity index (χ3v) is 3.12. The van der Waals surface area contributed by atoms with Gasteiger partial charge in [-0.1, -0.05) is 17.7 Å². The summed E-state index contributed by atoms with van der Waals surface area (Å²) >= 11 is 5.94. The predicted octanol–water partition coefficient (Wildman–Crippen LogP) is 3.99. The van der Waals surface area contributed by atoms with Crippen LogP contribution < -0.4 is 0 Å². The Hall–Kier alpha value is -2.40. The lowest BCUT2D eigenvalue weighted by Gasteiger charge is -1.98. The average molecular weight is 292 g/mol. The van der Waals surface area contributed by atoms with Crippen molar-refractivity contribution in [1.29, 1.82) is 0 Å². The molecule has 0 amide bonds. The quantitative estimate of drug-likeness (QED) is 0.775. The molecule has 1 N–H and O–H groups in total. The number of fused-ring (bicyclic) bond motifs is 1. The zero-order valence-corrected chi connectivity index (χ0v) is 10.7. The smallest absolute Gasteiger partial charge is 0.339 e. The number of oxazole rings is 1. The Kier molecular flexibility index (Phi) is 2.91. The molecule has 0 bridgehead atoms. The van der Waals surface area contributed by atoms with Gasteiger partial charge in [0, 0.05) is 0 Å². The minimum Gasteiger partial charge on any atom is -0.478 e. The van der Waals surface area contributed by atoms with Crippen LogP contribution in [0.25, 0.3) is 22.6 Å². The fraction of sp³-hybridized carbons (Fsp3) is 0. The Bertz CT molecular complexity index is 828. The van der Waals surface area contributed by atoms with Gasteiger partial charge in [-0.05, 0) is 30.3 Å².